The molecule has 6 heteroatoms. The van der Waals surface area contributed by atoms with Crippen LogP contribution in [0.25, 0.3) is 0 Å². The molecule has 2 aromatic carbocycles. The van der Waals surface area contributed by atoms with Gasteiger partial charge in [-0.05, 0) is 61.2 Å². The van der Waals surface area contributed by atoms with Gasteiger partial charge in [0.15, 0.2) is 0 Å². The van der Waals surface area contributed by atoms with Crippen molar-refractivity contribution in [1.82, 2.24) is 9.88 Å². The second-order valence-corrected chi connectivity index (χ2v) is 7.98. The van der Waals surface area contributed by atoms with Gasteiger partial charge in [0, 0.05) is 30.3 Å². The number of rotatable bonds is 6. The van der Waals surface area contributed by atoms with E-state index in [2.05, 4.69) is 10.3 Å². The molecule has 3 aromatic rings. The number of carbonyl (C=O) groups excluding carboxylic acids is 1. The van der Waals surface area contributed by atoms with Gasteiger partial charge in [0.1, 0.15) is 17.5 Å². The van der Waals surface area contributed by atoms with Gasteiger partial charge >= 0.3 is 0 Å². The first kappa shape index (κ1) is 21.0. The van der Waals surface area contributed by atoms with Gasteiger partial charge in [-0.2, -0.15) is 0 Å². The summed E-state index contributed by atoms with van der Waals surface area (Å²) in [7, 11) is 0. The first-order chi connectivity index (χ1) is 14.9. The average Bonchev–Trinajstić information content (AvgIpc) is 3.09. The summed E-state index contributed by atoms with van der Waals surface area (Å²) in [5.41, 5.74) is 4.31. The van der Waals surface area contributed by atoms with Crippen LogP contribution in [0.2, 0.25) is 0 Å². The van der Waals surface area contributed by atoms with E-state index in [-0.39, 0.29) is 23.6 Å². The van der Waals surface area contributed by atoms with Gasteiger partial charge in [0.2, 0.25) is 0 Å². The van der Waals surface area contributed by atoms with Crippen LogP contribution in [0, 0.1) is 18.6 Å². The maximum Gasteiger partial charge on any atom is 0.254 e. The van der Waals surface area contributed by atoms with E-state index in [4.69, 9.17) is 0 Å². The maximum atomic E-state index is 14.8. The van der Waals surface area contributed by atoms with Crippen LogP contribution >= 0.6 is 0 Å². The van der Waals surface area contributed by atoms with Crippen molar-refractivity contribution >= 4 is 11.7 Å². The van der Waals surface area contributed by atoms with Crippen LogP contribution in [0.4, 0.5) is 14.6 Å². The number of anilines is 1. The number of fused-ring (bicyclic) bond motifs is 1. The SMILES string of the molecule is CCN1Cc2c(ccnc2NC(C)c2ccc(Cc3ccc(F)c(C)c3)c(F)c2)C1=O. The minimum Gasteiger partial charge on any atom is -0.363 e. The molecule has 0 spiro atoms. The number of halogens is 2. The highest BCUT2D eigenvalue weighted by atomic mass is 19.1. The van der Waals surface area contributed by atoms with Crippen molar-refractivity contribution < 1.29 is 13.6 Å². The van der Waals surface area contributed by atoms with Crippen molar-refractivity contribution in [1.29, 1.82) is 0 Å². The van der Waals surface area contributed by atoms with Crippen LogP contribution in [0.5, 0.6) is 0 Å². The standard InChI is InChI=1S/C25H25F2N3O/c1-4-30-14-21-20(25(30)31)9-10-28-24(21)29-16(3)18-6-7-19(23(27)13-18)12-17-5-8-22(26)15(2)11-17/h5-11,13,16H,4,12,14H2,1-3H3,(H,28,29). The van der Waals surface area contributed by atoms with Crippen LogP contribution in [0.15, 0.2) is 48.7 Å². The van der Waals surface area contributed by atoms with Crippen LogP contribution < -0.4 is 5.32 Å². The van der Waals surface area contributed by atoms with Crippen LogP contribution in [-0.2, 0) is 13.0 Å². The Bertz CT molecular complexity index is 1150. The highest BCUT2D eigenvalue weighted by molar-refractivity contribution is 5.99. The predicted molar refractivity (Wildman–Crippen MR) is 117 cm³/mol. The zero-order valence-corrected chi connectivity index (χ0v) is 17.9. The van der Waals surface area contributed by atoms with Gasteiger partial charge in [0.05, 0.1) is 12.6 Å². The smallest absolute Gasteiger partial charge is 0.254 e. The number of aromatic nitrogens is 1. The fourth-order valence-electron chi connectivity index (χ4n) is 3.97. The monoisotopic (exact) mass is 421 g/mol. The van der Waals surface area contributed by atoms with Crippen molar-refractivity contribution in [2.75, 3.05) is 11.9 Å². The average molecular weight is 421 g/mol. The number of hydrogen-bond donors (Lipinski definition) is 1. The predicted octanol–water partition coefficient (Wildman–Crippen LogP) is 5.41. The highest BCUT2D eigenvalue weighted by Crippen LogP contribution is 2.30. The zero-order chi connectivity index (χ0) is 22.1. The Morgan fingerprint density at radius 3 is 2.65 bits per heavy atom. The van der Waals surface area contributed by atoms with Crippen molar-refractivity contribution in [2.45, 2.75) is 39.8 Å². The quantitative estimate of drug-likeness (QED) is 0.579. The third-order valence-corrected chi connectivity index (χ3v) is 5.85. The molecule has 0 bridgehead atoms. The molecule has 4 nitrogen and oxygen atoms in total. The van der Waals surface area contributed by atoms with Gasteiger partial charge in [-0.1, -0.05) is 24.3 Å². The Morgan fingerprint density at radius 2 is 1.94 bits per heavy atom. The van der Waals surface area contributed by atoms with E-state index in [1.165, 1.54) is 12.1 Å². The lowest BCUT2D eigenvalue weighted by atomic mass is 9.99. The third-order valence-electron chi connectivity index (χ3n) is 5.85. The molecule has 1 aliphatic heterocycles. The van der Waals surface area contributed by atoms with Gasteiger partial charge < -0.3 is 10.2 Å². The number of hydrogen-bond acceptors (Lipinski definition) is 3. The fraction of sp³-hybridized carbons (Fsp3) is 0.280. The number of aryl methyl sites for hydroxylation is 1. The minimum absolute atomic E-state index is 0.0158. The molecule has 1 aliphatic rings. The van der Waals surface area contributed by atoms with Gasteiger partial charge in [-0.15, -0.1) is 0 Å². The van der Waals surface area contributed by atoms with E-state index in [9.17, 15) is 13.6 Å². The summed E-state index contributed by atoms with van der Waals surface area (Å²) in [6.45, 7) is 6.76. The fourth-order valence-corrected chi connectivity index (χ4v) is 3.97. The molecule has 2 heterocycles. The van der Waals surface area contributed by atoms with E-state index in [0.29, 0.717) is 42.0 Å². The molecule has 4 rings (SSSR count). The highest BCUT2D eigenvalue weighted by Gasteiger charge is 2.29. The third kappa shape index (κ3) is 4.15. The maximum absolute atomic E-state index is 14.8. The van der Waals surface area contributed by atoms with Crippen LogP contribution in [0.1, 0.15) is 58.1 Å². The number of nitrogens with one attached hydrogen (secondary N) is 1. The summed E-state index contributed by atoms with van der Waals surface area (Å²) < 4.78 is 28.3. The van der Waals surface area contributed by atoms with E-state index < -0.39 is 0 Å². The summed E-state index contributed by atoms with van der Waals surface area (Å²) in [5, 5.41) is 3.34. The molecule has 1 unspecified atom stereocenters. The second-order valence-electron chi connectivity index (χ2n) is 7.98. The summed E-state index contributed by atoms with van der Waals surface area (Å²) in [5.74, 6) is 0.110. The van der Waals surface area contributed by atoms with Crippen molar-refractivity contribution in [3.05, 3.63) is 93.7 Å². The molecule has 1 aromatic heterocycles. The first-order valence-corrected chi connectivity index (χ1v) is 10.4. The molecule has 0 saturated carbocycles. The van der Waals surface area contributed by atoms with Gasteiger partial charge in [-0.3, -0.25) is 4.79 Å². The van der Waals surface area contributed by atoms with E-state index in [1.807, 2.05) is 19.9 Å². The topological polar surface area (TPSA) is 45.2 Å². The molecule has 0 fully saturated rings. The summed E-state index contributed by atoms with van der Waals surface area (Å²) >= 11 is 0. The van der Waals surface area contributed by atoms with Crippen LogP contribution in [-0.4, -0.2) is 22.3 Å². The summed E-state index contributed by atoms with van der Waals surface area (Å²) in [4.78, 5) is 18.6. The Labute approximate surface area is 180 Å². The normalized spacial score (nSPS) is 14.0. The van der Waals surface area contributed by atoms with Crippen LogP contribution in [0.3, 0.4) is 0 Å². The molecule has 0 radical (unpaired) electrons. The van der Waals surface area contributed by atoms with Gasteiger partial charge in [-0.25, -0.2) is 13.8 Å². The van der Waals surface area contributed by atoms with Crippen molar-refractivity contribution in [2.24, 2.45) is 0 Å². The van der Waals surface area contributed by atoms with Crippen molar-refractivity contribution in [3.63, 3.8) is 0 Å². The number of pyridine rings is 1. The molecular weight excluding hydrogens is 396 g/mol. The Hall–Kier alpha value is -3.28. The summed E-state index contributed by atoms with van der Waals surface area (Å²) in [6, 6.07) is 11.6. The molecule has 1 amide bonds. The van der Waals surface area contributed by atoms with E-state index in [0.717, 1.165) is 16.7 Å². The van der Waals surface area contributed by atoms with Gasteiger partial charge in [0.25, 0.3) is 5.91 Å². The Morgan fingerprint density at radius 1 is 1.13 bits per heavy atom. The first-order valence-electron chi connectivity index (χ1n) is 10.4. The number of benzene rings is 2. The lowest BCUT2D eigenvalue weighted by Gasteiger charge is -2.18. The number of amides is 1. The van der Waals surface area contributed by atoms with E-state index in [1.54, 1.807) is 42.3 Å². The zero-order valence-electron chi connectivity index (χ0n) is 17.9. The largest absolute Gasteiger partial charge is 0.363 e. The molecular formula is C25H25F2N3O. The van der Waals surface area contributed by atoms with Crippen molar-refractivity contribution in [3.8, 4) is 0 Å². The molecule has 160 valence electrons. The number of nitrogens with zero attached hydrogens (tertiary/aromatic N) is 2. The lowest BCUT2D eigenvalue weighted by Crippen LogP contribution is -2.22. The lowest BCUT2D eigenvalue weighted by molar-refractivity contribution is 0.0787. The molecule has 1 atom stereocenters. The molecule has 0 aliphatic carbocycles. The Balaban J connectivity index is 1.52. The second kappa shape index (κ2) is 8.46. The molecule has 1 N–H and O–H groups in total. The molecule has 0 saturated heterocycles. The summed E-state index contributed by atoms with van der Waals surface area (Å²) in [6.07, 6.45) is 2.02. The molecule has 31 heavy (non-hydrogen) atoms. The minimum atomic E-state index is -0.299. The Kier molecular flexibility index (Phi) is 5.72. The van der Waals surface area contributed by atoms with E-state index >= 15 is 0 Å². The number of carbonyl (C=O) groups is 1.